The highest BCUT2D eigenvalue weighted by molar-refractivity contribution is 7.80. The van der Waals surface area contributed by atoms with Crippen LogP contribution in [0.3, 0.4) is 0 Å². The van der Waals surface area contributed by atoms with Crippen LogP contribution in [-0.2, 0) is 5.41 Å². The molecular weight excluding hydrogens is 250 g/mol. The van der Waals surface area contributed by atoms with E-state index < -0.39 is 0 Å². The van der Waals surface area contributed by atoms with Gasteiger partial charge in [0.1, 0.15) is 0 Å². The Bertz CT molecular complexity index is 457. The van der Waals surface area contributed by atoms with Crippen LogP contribution >= 0.6 is 12.2 Å². The van der Waals surface area contributed by atoms with Crippen LogP contribution in [0.1, 0.15) is 39.7 Å². The van der Waals surface area contributed by atoms with Gasteiger partial charge < -0.3 is 4.90 Å². The summed E-state index contributed by atoms with van der Waals surface area (Å²) >= 11 is 5.61. The Morgan fingerprint density at radius 3 is 2.47 bits per heavy atom. The molecule has 0 N–H and O–H groups in total. The summed E-state index contributed by atoms with van der Waals surface area (Å²) in [6.45, 7) is 12.6. The average Bonchev–Trinajstić information content (AvgIpc) is 2.36. The third-order valence-corrected chi connectivity index (χ3v) is 4.02. The summed E-state index contributed by atoms with van der Waals surface area (Å²) < 4.78 is 0. The number of rotatable bonds is 4. The maximum absolute atomic E-state index is 5.61. The van der Waals surface area contributed by atoms with Gasteiger partial charge in [-0.05, 0) is 23.5 Å². The van der Waals surface area contributed by atoms with E-state index in [1.807, 2.05) is 6.08 Å². The van der Waals surface area contributed by atoms with Crippen molar-refractivity contribution in [1.82, 2.24) is 0 Å². The number of hydrogen-bond acceptors (Lipinski definition) is 1. The van der Waals surface area contributed by atoms with Crippen LogP contribution in [0.4, 0.5) is 5.69 Å². The predicted molar refractivity (Wildman–Crippen MR) is 90.1 cm³/mol. The summed E-state index contributed by atoms with van der Waals surface area (Å²) in [4.78, 5) is 3.11. The fraction of sp³-hybridized carbons (Fsp3) is 0.471. The molecule has 0 saturated heterocycles. The van der Waals surface area contributed by atoms with Crippen molar-refractivity contribution in [2.24, 2.45) is 5.92 Å². The molecule has 0 unspecified atom stereocenters. The summed E-state index contributed by atoms with van der Waals surface area (Å²) in [6.07, 6.45) is 2.85. The molecule has 1 atom stereocenters. The van der Waals surface area contributed by atoms with Crippen LogP contribution in [0.15, 0.2) is 36.9 Å². The normalized spacial score (nSPS) is 12.9. The molecule has 1 aromatic rings. The molecule has 0 aliphatic carbocycles. The predicted octanol–water partition coefficient (Wildman–Crippen LogP) is 4.96. The Morgan fingerprint density at radius 2 is 1.95 bits per heavy atom. The first kappa shape index (κ1) is 15.9. The smallest absolute Gasteiger partial charge is 0.0852 e. The molecule has 1 rings (SSSR count). The fourth-order valence-corrected chi connectivity index (χ4v) is 2.40. The Kier molecular flexibility index (Phi) is 5.30. The minimum Gasteiger partial charge on any atom is -0.339 e. The third-order valence-electron chi connectivity index (χ3n) is 3.35. The van der Waals surface area contributed by atoms with Gasteiger partial charge in [0.25, 0.3) is 0 Å². The van der Waals surface area contributed by atoms with Gasteiger partial charge in [-0.1, -0.05) is 64.2 Å². The van der Waals surface area contributed by atoms with Crippen LogP contribution in [0.2, 0.25) is 0 Å². The third kappa shape index (κ3) is 3.90. The molecule has 0 spiro atoms. The topological polar surface area (TPSA) is 3.24 Å². The van der Waals surface area contributed by atoms with Gasteiger partial charge in [0, 0.05) is 18.7 Å². The van der Waals surface area contributed by atoms with Crippen molar-refractivity contribution < 1.29 is 0 Å². The SMILES string of the molecule is C=CC[C@@H](C)C(=S)N(C)c1ccccc1C(C)(C)C. The maximum Gasteiger partial charge on any atom is 0.0852 e. The zero-order valence-electron chi connectivity index (χ0n) is 12.7. The van der Waals surface area contributed by atoms with Crippen molar-refractivity contribution in [3.8, 4) is 0 Å². The van der Waals surface area contributed by atoms with E-state index >= 15 is 0 Å². The Hall–Kier alpha value is -1.15. The summed E-state index contributed by atoms with van der Waals surface area (Å²) in [5.74, 6) is 0.338. The molecular formula is C17H25NS. The first-order valence-electron chi connectivity index (χ1n) is 6.77. The van der Waals surface area contributed by atoms with Crippen LogP contribution in [0.5, 0.6) is 0 Å². The lowest BCUT2D eigenvalue weighted by atomic mass is 9.85. The number of allylic oxidation sites excluding steroid dienone is 1. The zero-order valence-corrected chi connectivity index (χ0v) is 13.6. The highest BCUT2D eigenvalue weighted by Gasteiger charge is 2.22. The largest absolute Gasteiger partial charge is 0.339 e. The van der Waals surface area contributed by atoms with Crippen LogP contribution in [-0.4, -0.2) is 12.0 Å². The van der Waals surface area contributed by atoms with Crippen molar-refractivity contribution >= 4 is 22.9 Å². The van der Waals surface area contributed by atoms with Gasteiger partial charge in [-0.25, -0.2) is 0 Å². The molecule has 19 heavy (non-hydrogen) atoms. The van der Waals surface area contributed by atoms with Crippen LogP contribution < -0.4 is 4.90 Å². The quantitative estimate of drug-likeness (QED) is 0.564. The van der Waals surface area contributed by atoms with E-state index in [1.54, 1.807) is 0 Å². The van der Waals surface area contributed by atoms with Crippen LogP contribution in [0.25, 0.3) is 0 Å². The van der Waals surface area contributed by atoms with E-state index in [0.717, 1.165) is 11.4 Å². The molecule has 104 valence electrons. The summed E-state index contributed by atoms with van der Waals surface area (Å²) in [5, 5.41) is 0. The van der Waals surface area contributed by atoms with Gasteiger partial charge in [-0.3, -0.25) is 0 Å². The number of thiocarbonyl (C=S) groups is 1. The molecule has 0 radical (unpaired) electrons. The second kappa shape index (κ2) is 6.33. The number of para-hydroxylation sites is 1. The van der Waals surface area contributed by atoms with Gasteiger partial charge in [0.2, 0.25) is 0 Å². The van der Waals surface area contributed by atoms with Crippen molar-refractivity contribution in [3.05, 3.63) is 42.5 Å². The van der Waals surface area contributed by atoms with Gasteiger partial charge in [-0.15, -0.1) is 6.58 Å². The minimum atomic E-state index is 0.113. The van der Waals surface area contributed by atoms with Crippen molar-refractivity contribution in [3.63, 3.8) is 0 Å². The van der Waals surface area contributed by atoms with Gasteiger partial charge >= 0.3 is 0 Å². The molecule has 1 nitrogen and oxygen atoms in total. The van der Waals surface area contributed by atoms with Gasteiger partial charge in [0.15, 0.2) is 0 Å². The molecule has 0 aliphatic heterocycles. The molecule has 0 bridgehead atoms. The molecule has 1 aromatic carbocycles. The Morgan fingerprint density at radius 1 is 1.37 bits per heavy atom. The monoisotopic (exact) mass is 275 g/mol. The van der Waals surface area contributed by atoms with Crippen molar-refractivity contribution in [2.75, 3.05) is 11.9 Å². The molecule has 0 aliphatic rings. The van der Waals surface area contributed by atoms with E-state index in [1.165, 1.54) is 11.3 Å². The Labute approximate surface area is 123 Å². The van der Waals surface area contributed by atoms with Gasteiger partial charge in [-0.2, -0.15) is 0 Å². The van der Waals surface area contributed by atoms with Crippen molar-refractivity contribution in [1.29, 1.82) is 0 Å². The lowest BCUT2D eigenvalue weighted by Crippen LogP contribution is -2.31. The van der Waals surface area contributed by atoms with Crippen LogP contribution in [0, 0.1) is 5.92 Å². The van der Waals surface area contributed by atoms with E-state index in [0.29, 0.717) is 5.92 Å². The number of nitrogens with zero attached hydrogens (tertiary/aromatic N) is 1. The first-order valence-corrected chi connectivity index (χ1v) is 7.17. The zero-order chi connectivity index (χ0) is 14.6. The molecule has 0 saturated carbocycles. The highest BCUT2D eigenvalue weighted by Crippen LogP contribution is 2.32. The van der Waals surface area contributed by atoms with Gasteiger partial charge in [0.05, 0.1) is 4.99 Å². The molecule has 2 heteroatoms. The molecule has 0 aromatic heterocycles. The molecule has 0 amide bonds. The first-order chi connectivity index (χ1) is 8.79. The lowest BCUT2D eigenvalue weighted by molar-refractivity contribution is 0.590. The van der Waals surface area contributed by atoms with E-state index in [4.69, 9.17) is 12.2 Å². The standard InChI is InChI=1S/C17H25NS/c1-7-10-13(2)16(19)18(6)15-12-9-8-11-14(15)17(3,4)5/h7-9,11-13H,1,10H2,2-6H3/t13-/m1/s1. The second-order valence-electron chi connectivity index (χ2n) is 6.09. The van der Waals surface area contributed by atoms with E-state index in [2.05, 4.69) is 70.5 Å². The second-order valence-corrected chi connectivity index (χ2v) is 6.51. The fourth-order valence-electron chi connectivity index (χ4n) is 2.20. The molecule has 0 fully saturated rings. The molecule has 0 heterocycles. The summed E-state index contributed by atoms with van der Waals surface area (Å²) in [6, 6.07) is 8.50. The maximum atomic E-state index is 5.61. The van der Waals surface area contributed by atoms with E-state index in [9.17, 15) is 0 Å². The average molecular weight is 275 g/mol. The Balaban J connectivity index is 3.10. The highest BCUT2D eigenvalue weighted by atomic mass is 32.1. The van der Waals surface area contributed by atoms with E-state index in [-0.39, 0.29) is 5.41 Å². The lowest BCUT2D eigenvalue weighted by Gasteiger charge is -2.30. The number of anilines is 1. The minimum absolute atomic E-state index is 0.113. The number of hydrogen-bond donors (Lipinski definition) is 0. The summed E-state index contributed by atoms with van der Waals surface area (Å²) in [5.41, 5.74) is 2.64. The summed E-state index contributed by atoms with van der Waals surface area (Å²) in [7, 11) is 2.06. The number of benzene rings is 1. The van der Waals surface area contributed by atoms with Crippen molar-refractivity contribution in [2.45, 2.75) is 39.5 Å².